The number of imide groups is 1. The maximum absolute atomic E-state index is 11.9. The minimum atomic E-state index is -0.576. The second-order valence-electron chi connectivity index (χ2n) is 4.20. The lowest BCUT2D eigenvalue weighted by Gasteiger charge is -2.11. The largest absolute Gasteiger partial charge is 0.447 e. The zero-order valence-corrected chi connectivity index (χ0v) is 12.1. The van der Waals surface area contributed by atoms with E-state index in [1.54, 1.807) is 0 Å². The molecule has 20 heavy (non-hydrogen) atoms. The van der Waals surface area contributed by atoms with Crippen LogP contribution < -0.4 is 5.73 Å². The van der Waals surface area contributed by atoms with Gasteiger partial charge in [0, 0.05) is 6.54 Å². The fourth-order valence-electron chi connectivity index (χ4n) is 1.85. The van der Waals surface area contributed by atoms with Crippen LogP contribution in [0.3, 0.4) is 0 Å². The molecule has 8 nitrogen and oxygen atoms in total. The monoisotopic (exact) mass is 299 g/mol. The summed E-state index contributed by atoms with van der Waals surface area (Å²) in [6, 6.07) is 0. The smallest absolute Gasteiger partial charge is 0.416 e. The first kappa shape index (κ1) is 14.8. The molecule has 0 aliphatic carbocycles. The first-order chi connectivity index (χ1) is 9.67. The van der Waals surface area contributed by atoms with Crippen LogP contribution in [0.2, 0.25) is 0 Å². The van der Waals surface area contributed by atoms with Crippen molar-refractivity contribution < 1.29 is 14.3 Å². The van der Waals surface area contributed by atoms with Crippen molar-refractivity contribution in [3.63, 3.8) is 0 Å². The number of ether oxygens (including phenoxy) is 1. The van der Waals surface area contributed by atoms with Crippen LogP contribution in [0.25, 0.3) is 0 Å². The van der Waals surface area contributed by atoms with E-state index in [1.165, 1.54) is 11.8 Å². The molecule has 9 heteroatoms. The van der Waals surface area contributed by atoms with E-state index in [2.05, 4.69) is 10.2 Å². The first-order valence-corrected chi connectivity index (χ1v) is 7.38. The number of nitrogens with two attached hydrogens (primary N) is 1. The van der Waals surface area contributed by atoms with Crippen molar-refractivity contribution in [1.29, 1.82) is 0 Å². The highest BCUT2D eigenvalue weighted by atomic mass is 32.2. The fraction of sp³-hybridized carbons (Fsp3) is 0.636. The number of thioether (sulfide) groups is 1. The average molecular weight is 299 g/mol. The highest BCUT2D eigenvalue weighted by Crippen LogP contribution is 2.19. The molecule has 0 radical (unpaired) electrons. The van der Waals surface area contributed by atoms with Gasteiger partial charge in [0.2, 0.25) is 5.91 Å². The molecule has 2 rings (SSSR count). The van der Waals surface area contributed by atoms with Gasteiger partial charge in [-0.1, -0.05) is 18.7 Å². The molecule has 2 N–H and O–H groups in total. The van der Waals surface area contributed by atoms with E-state index < -0.39 is 6.09 Å². The summed E-state index contributed by atoms with van der Waals surface area (Å²) in [5, 5.41) is 8.67. The molecule has 1 aromatic heterocycles. The summed E-state index contributed by atoms with van der Waals surface area (Å²) < 4.78 is 6.63. The third kappa shape index (κ3) is 3.10. The van der Waals surface area contributed by atoms with Crippen molar-refractivity contribution in [1.82, 2.24) is 19.7 Å². The minimum absolute atomic E-state index is 0.127. The Morgan fingerprint density at radius 2 is 2.30 bits per heavy atom. The average Bonchev–Trinajstić information content (AvgIpc) is 3.03. The number of amides is 2. The van der Waals surface area contributed by atoms with Crippen LogP contribution in [0.1, 0.15) is 19.2 Å². The number of rotatable bonds is 6. The molecular weight excluding hydrogens is 282 g/mol. The van der Waals surface area contributed by atoms with Crippen LogP contribution in [-0.4, -0.2) is 50.6 Å². The van der Waals surface area contributed by atoms with Gasteiger partial charge in [-0.25, -0.2) is 9.69 Å². The maximum Gasteiger partial charge on any atom is 0.416 e. The molecule has 0 bridgehead atoms. The summed E-state index contributed by atoms with van der Waals surface area (Å²) in [6.45, 7) is 3.68. The number of carbonyl (C=O) groups excluding carboxylic acids is 2. The van der Waals surface area contributed by atoms with E-state index in [-0.39, 0.29) is 18.3 Å². The Balaban J connectivity index is 1.98. The SMILES string of the molecule is CCCn1c(CN)nnc1SCC(=O)N1CCOC1=O. The molecule has 0 atom stereocenters. The standard InChI is InChI=1S/C11H17N5O3S/c1-2-3-15-8(6-12)13-14-10(15)20-7-9(17)16-4-5-19-11(16)18/h2-7,12H2,1H3. The Morgan fingerprint density at radius 1 is 1.50 bits per heavy atom. The molecule has 1 fully saturated rings. The molecule has 1 aliphatic heterocycles. The lowest BCUT2D eigenvalue weighted by atomic mass is 10.4. The van der Waals surface area contributed by atoms with Gasteiger partial charge in [-0.15, -0.1) is 10.2 Å². The zero-order chi connectivity index (χ0) is 14.5. The van der Waals surface area contributed by atoms with Gasteiger partial charge < -0.3 is 15.0 Å². The van der Waals surface area contributed by atoms with Gasteiger partial charge in [-0.05, 0) is 6.42 Å². The summed E-state index contributed by atoms with van der Waals surface area (Å²) >= 11 is 1.25. The molecular formula is C11H17N5O3S. The second-order valence-corrected chi connectivity index (χ2v) is 5.15. The van der Waals surface area contributed by atoms with E-state index >= 15 is 0 Å². The Hall–Kier alpha value is -1.61. The van der Waals surface area contributed by atoms with Crippen LogP contribution in [0.4, 0.5) is 4.79 Å². The topological polar surface area (TPSA) is 103 Å². The van der Waals surface area contributed by atoms with Gasteiger partial charge in [-0.2, -0.15) is 0 Å². The summed E-state index contributed by atoms with van der Waals surface area (Å²) in [5.74, 6) is 0.543. The number of hydrogen-bond acceptors (Lipinski definition) is 7. The molecule has 0 unspecified atom stereocenters. The lowest BCUT2D eigenvalue weighted by Crippen LogP contribution is -2.33. The van der Waals surface area contributed by atoms with Crippen molar-refractivity contribution >= 4 is 23.8 Å². The molecule has 0 aromatic carbocycles. The highest BCUT2D eigenvalue weighted by Gasteiger charge is 2.28. The molecule has 0 spiro atoms. The Morgan fingerprint density at radius 3 is 2.90 bits per heavy atom. The maximum atomic E-state index is 11.9. The van der Waals surface area contributed by atoms with E-state index in [1.807, 2.05) is 11.5 Å². The van der Waals surface area contributed by atoms with Gasteiger partial charge in [-0.3, -0.25) is 4.79 Å². The van der Waals surface area contributed by atoms with E-state index in [4.69, 9.17) is 10.5 Å². The van der Waals surface area contributed by atoms with E-state index in [0.29, 0.717) is 24.1 Å². The molecule has 2 heterocycles. The Kier molecular flexibility index (Phi) is 4.96. The van der Waals surface area contributed by atoms with Crippen LogP contribution in [0, 0.1) is 0 Å². The van der Waals surface area contributed by atoms with E-state index in [0.717, 1.165) is 17.9 Å². The quantitative estimate of drug-likeness (QED) is 0.749. The summed E-state index contributed by atoms with van der Waals surface area (Å²) in [4.78, 5) is 24.3. The lowest BCUT2D eigenvalue weighted by molar-refractivity contribution is -0.125. The number of nitrogens with zero attached hydrogens (tertiary/aromatic N) is 4. The van der Waals surface area contributed by atoms with Crippen molar-refractivity contribution in [3.05, 3.63) is 5.82 Å². The predicted octanol–water partition coefficient (Wildman–Crippen LogP) is 0.218. The van der Waals surface area contributed by atoms with Crippen molar-refractivity contribution in [3.8, 4) is 0 Å². The summed E-state index contributed by atoms with van der Waals surface area (Å²) in [7, 11) is 0. The first-order valence-electron chi connectivity index (χ1n) is 6.39. The Labute approximate surface area is 120 Å². The zero-order valence-electron chi connectivity index (χ0n) is 11.2. The van der Waals surface area contributed by atoms with Gasteiger partial charge in [0.1, 0.15) is 12.4 Å². The van der Waals surface area contributed by atoms with E-state index in [9.17, 15) is 9.59 Å². The number of cyclic esters (lactones) is 1. The van der Waals surface area contributed by atoms with Gasteiger partial charge in [0.05, 0.1) is 18.8 Å². The van der Waals surface area contributed by atoms with Gasteiger partial charge >= 0.3 is 6.09 Å². The number of hydrogen-bond donors (Lipinski definition) is 1. The predicted molar refractivity (Wildman–Crippen MR) is 72.0 cm³/mol. The van der Waals surface area contributed by atoms with Crippen LogP contribution in [-0.2, 0) is 22.6 Å². The van der Waals surface area contributed by atoms with Crippen LogP contribution >= 0.6 is 11.8 Å². The third-order valence-electron chi connectivity index (χ3n) is 2.81. The van der Waals surface area contributed by atoms with Crippen LogP contribution in [0.5, 0.6) is 0 Å². The van der Waals surface area contributed by atoms with Crippen LogP contribution in [0.15, 0.2) is 5.16 Å². The summed E-state index contributed by atoms with van der Waals surface area (Å²) in [5.41, 5.74) is 5.60. The molecule has 0 saturated carbocycles. The van der Waals surface area contributed by atoms with Crippen molar-refractivity contribution in [2.45, 2.75) is 31.6 Å². The molecule has 1 aromatic rings. The normalized spacial score (nSPS) is 14.7. The fourth-order valence-corrected chi connectivity index (χ4v) is 2.71. The minimum Gasteiger partial charge on any atom is -0.447 e. The molecule has 1 saturated heterocycles. The molecule has 1 aliphatic rings. The van der Waals surface area contributed by atoms with Crippen molar-refractivity contribution in [2.24, 2.45) is 5.73 Å². The van der Waals surface area contributed by atoms with Gasteiger partial charge in [0.15, 0.2) is 5.16 Å². The number of aromatic nitrogens is 3. The van der Waals surface area contributed by atoms with Crippen molar-refractivity contribution in [2.75, 3.05) is 18.9 Å². The molecule has 110 valence electrons. The third-order valence-corrected chi connectivity index (χ3v) is 3.76. The molecule has 2 amide bonds. The number of carbonyl (C=O) groups is 2. The van der Waals surface area contributed by atoms with Gasteiger partial charge in [0.25, 0.3) is 0 Å². The second kappa shape index (κ2) is 6.71. The Bertz CT molecular complexity index is 504. The summed E-state index contributed by atoms with van der Waals surface area (Å²) in [6.07, 6.45) is 0.346. The highest BCUT2D eigenvalue weighted by molar-refractivity contribution is 7.99.